The standard InChI is InChI=1S/C35H50O9/c1-3-5-7-9-11-13-15-21-17-25-23(19-24(21)37)30(38)29-26(43-25)18-22(16-14-12-10-8-6-4-2)28(32(29)40)35-34(42)33(41)31(39)27(20-36)44-35/h17-19,27,31,33-37,39-42H,3-16,20H2,1-2H3/t27-,31-,33+,34-,35+/m1/s1. The number of aliphatic hydroxyl groups excluding tert-OH is 4. The summed E-state index contributed by atoms with van der Waals surface area (Å²) < 4.78 is 12.0. The van der Waals surface area contributed by atoms with Crippen LogP contribution in [0.5, 0.6) is 11.5 Å². The summed E-state index contributed by atoms with van der Waals surface area (Å²) in [5, 5.41) is 63.9. The van der Waals surface area contributed by atoms with Gasteiger partial charge in [-0.2, -0.15) is 0 Å². The number of aryl methyl sites for hydroxylation is 2. The molecule has 0 aliphatic carbocycles. The van der Waals surface area contributed by atoms with Gasteiger partial charge < -0.3 is 39.8 Å². The quantitative estimate of drug-likeness (QED) is 0.0881. The van der Waals surface area contributed by atoms with E-state index in [-0.39, 0.29) is 27.7 Å². The number of rotatable bonds is 16. The van der Waals surface area contributed by atoms with Crippen LogP contribution in [0, 0.1) is 0 Å². The Hall–Kier alpha value is -2.69. The van der Waals surface area contributed by atoms with E-state index < -0.39 is 48.3 Å². The van der Waals surface area contributed by atoms with Crippen LogP contribution in [0.15, 0.2) is 27.4 Å². The molecule has 6 N–H and O–H groups in total. The van der Waals surface area contributed by atoms with E-state index in [4.69, 9.17) is 9.15 Å². The number of benzene rings is 2. The molecule has 3 aromatic rings. The number of hydrogen-bond donors (Lipinski definition) is 6. The van der Waals surface area contributed by atoms with E-state index in [0.29, 0.717) is 29.6 Å². The molecule has 0 radical (unpaired) electrons. The van der Waals surface area contributed by atoms with Gasteiger partial charge in [-0.25, -0.2) is 0 Å². The Labute approximate surface area is 259 Å². The van der Waals surface area contributed by atoms with Gasteiger partial charge >= 0.3 is 0 Å². The van der Waals surface area contributed by atoms with Crippen LogP contribution in [0.25, 0.3) is 21.9 Å². The summed E-state index contributed by atoms with van der Waals surface area (Å²) in [6, 6.07) is 4.76. The van der Waals surface area contributed by atoms with Gasteiger partial charge in [0.25, 0.3) is 0 Å². The van der Waals surface area contributed by atoms with Crippen molar-refractivity contribution in [3.63, 3.8) is 0 Å². The first-order valence-corrected chi connectivity index (χ1v) is 16.5. The lowest BCUT2D eigenvalue weighted by Crippen LogP contribution is -2.55. The Morgan fingerprint density at radius 1 is 0.705 bits per heavy atom. The smallest absolute Gasteiger partial charge is 0.204 e. The van der Waals surface area contributed by atoms with Crippen molar-refractivity contribution in [3.05, 3.63) is 45.1 Å². The molecule has 1 saturated heterocycles. The molecule has 0 saturated carbocycles. The third kappa shape index (κ3) is 7.57. The second kappa shape index (κ2) is 16.0. The van der Waals surface area contributed by atoms with Crippen molar-refractivity contribution in [1.82, 2.24) is 0 Å². The molecule has 9 heteroatoms. The monoisotopic (exact) mass is 614 g/mol. The van der Waals surface area contributed by atoms with Crippen LogP contribution in [0.1, 0.15) is 114 Å². The number of unbranched alkanes of at least 4 members (excludes halogenated alkanes) is 10. The van der Waals surface area contributed by atoms with Crippen LogP contribution in [0.2, 0.25) is 0 Å². The van der Waals surface area contributed by atoms with E-state index in [1.54, 1.807) is 12.1 Å². The highest BCUT2D eigenvalue weighted by Crippen LogP contribution is 2.43. The topological polar surface area (TPSA) is 161 Å². The molecule has 1 aromatic heterocycles. The zero-order valence-electron chi connectivity index (χ0n) is 26.1. The molecule has 1 aliphatic rings. The molecular weight excluding hydrogens is 564 g/mol. The number of hydrogen-bond acceptors (Lipinski definition) is 9. The normalized spacial score (nSPS) is 22.3. The maximum atomic E-state index is 13.8. The van der Waals surface area contributed by atoms with Crippen LogP contribution >= 0.6 is 0 Å². The minimum Gasteiger partial charge on any atom is -0.508 e. The summed E-state index contributed by atoms with van der Waals surface area (Å²) in [6.45, 7) is 3.72. The van der Waals surface area contributed by atoms with E-state index in [1.165, 1.54) is 25.3 Å². The van der Waals surface area contributed by atoms with Crippen LogP contribution in [0.4, 0.5) is 0 Å². The lowest BCUT2D eigenvalue weighted by Gasteiger charge is -2.41. The first kappa shape index (κ1) is 34.2. The molecule has 2 aromatic carbocycles. The fraction of sp³-hybridized carbons (Fsp3) is 0.629. The van der Waals surface area contributed by atoms with E-state index >= 15 is 0 Å². The number of phenols is 2. The number of aromatic hydroxyl groups is 2. The van der Waals surface area contributed by atoms with Gasteiger partial charge in [-0.3, -0.25) is 4.79 Å². The molecule has 0 bridgehead atoms. The van der Waals surface area contributed by atoms with E-state index in [9.17, 15) is 35.4 Å². The first-order valence-electron chi connectivity index (χ1n) is 16.5. The highest BCUT2D eigenvalue weighted by Gasteiger charge is 2.45. The Balaban J connectivity index is 1.75. The average Bonchev–Trinajstić information content (AvgIpc) is 3.01. The van der Waals surface area contributed by atoms with Gasteiger partial charge in [0, 0.05) is 5.56 Å². The maximum absolute atomic E-state index is 13.8. The molecular formula is C35H50O9. The van der Waals surface area contributed by atoms with Gasteiger partial charge in [0.1, 0.15) is 58.6 Å². The highest BCUT2D eigenvalue weighted by atomic mass is 16.5. The Kier molecular flexibility index (Phi) is 12.5. The van der Waals surface area contributed by atoms with Crippen LogP contribution < -0.4 is 5.43 Å². The minimum absolute atomic E-state index is 0.00829. The van der Waals surface area contributed by atoms with Crippen molar-refractivity contribution >= 4 is 21.9 Å². The summed E-state index contributed by atoms with van der Waals surface area (Å²) >= 11 is 0. The van der Waals surface area contributed by atoms with Gasteiger partial charge in [0.2, 0.25) is 5.43 Å². The largest absolute Gasteiger partial charge is 0.508 e. The number of fused-ring (bicyclic) bond motifs is 2. The van der Waals surface area contributed by atoms with Gasteiger partial charge in [0.05, 0.1) is 12.0 Å². The second-order valence-corrected chi connectivity index (χ2v) is 12.4. The summed E-state index contributed by atoms with van der Waals surface area (Å²) in [7, 11) is 0. The molecule has 1 fully saturated rings. The second-order valence-electron chi connectivity index (χ2n) is 12.4. The van der Waals surface area contributed by atoms with E-state index in [0.717, 1.165) is 57.8 Å². The summed E-state index contributed by atoms with van der Waals surface area (Å²) in [5.74, 6) is -0.454. The fourth-order valence-electron chi connectivity index (χ4n) is 6.39. The molecule has 244 valence electrons. The first-order chi connectivity index (χ1) is 21.2. The van der Waals surface area contributed by atoms with Crippen molar-refractivity contribution in [2.45, 2.75) is 134 Å². The molecule has 44 heavy (non-hydrogen) atoms. The predicted molar refractivity (Wildman–Crippen MR) is 170 cm³/mol. The van der Waals surface area contributed by atoms with Crippen molar-refractivity contribution in [1.29, 1.82) is 0 Å². The molecule has 0 amide bonds. The predicted octanol–water partition coefficient (Wildman–Crippen LogP) is 5.68. The Bertz CT molecular complexity index is 1430. The summed E-state index contributed by atoms with van der Waals surface area (Å²) in [4.78, 5) is 13.8. The zero-order chi connectivity index (χ0) is 31.8. The van der Waals surface area contributed by atoms with Gasteiger partial charge in [-0.05, 0) is 55.0 Å². The molecule has 5 atom stereocenters. The van der Waals surface area contributed by atoms with Crippen molar-refractivity contribution in [2.24, 2.45) is 0 Å². The van der Waals surface area contributed by atoms with Crippen LogP contribution in [0.3, 0.4) is 0 Å². The molecule has 0 spiro atoms. The van der Waals surface area contributed by atoms with Gasteiger partial charge in [-0.15, -0.1) is 0 Å². The zero-order valence-corrected chi connectivity index (χ0v) is 26.1. The number of ether oxygens (including phenoxy) is 1. The summed E-state index contributed by atoms with van der Waals surface area (Å²) in [5.41, 5.74) is 1.35. The van der Waals surface area contributed by atoms with Crippen LogP contribution in [-0.4, -0.2) is 61.7 Å². The Morgan fingerprint density at radius 3 is 1.89 bits per heavy atom. The number of aliphatic hydroxyl groups is 4. The summed E-state index contributed by atoms with van der Waals surface area (Å²) in [6.07, 6.45) is 6.68. The molecule has 4 rings (SSSR count). The minimum atomic E-state index is -1.64. The van der Waals surface area contributed by atoms with Gasteiger partial charge in [0.15, 0.2) is 0 Å². The molecule has 9 nitrogen and oxygen atoms in total. The lowest BCUT2D eigenvalue weighted by atomic mass is 9.86. The maximum Gasteiger partial charge on any atom is 0.204 e. The van der Waals surface area contributed by atoms with Crippen molar-refractivity contribution in [2.75, 3.05) is 6.61 Å². The van der Waals surface area contributed by atoms with E-state index in [2.05, 4.69) is 13.8 Å². The molecule has 2 heterocycles. The average molecular weight is 615 g/mol. The van der Waals surface area contributed by atoms with Crippen molar-refractivity contribution < 1.29 is 39.8 Å². The third-order valence-electron chi connectivity index (χ3n) is 9.04. The fourth-order valence-corrected chi connectivity index (χ4v) is 6.39. The number of phenolic OH excluding ortho intramolecular Hbond substituents is 2. The third-order valence-corrected chi connectivity index (χ3v) is 9.04. The molecule has 0 unspecified atom stereocenters. The molecule has 1 aliphatic heterocycles. The van der Waals surface area contributed by atoms with E-state index in [1.807, 2.05) is 0 Å². The van der Waals surface area contributed by atoms with Crippen LogP contribution in [-0.2, 0) is 17.6 Å². The SMILES string of the molecule is CCCCCCCCc1cc2oc3cc(CCCCCCCC)c([C@@H]4O[C@H](CO)[C@@H](O)[C@H](O)[C@H]4O)c(O)c3c(=O)c2cc1O. The van der Waals surface area contributed by atoms with Crippen molar-refractivity contribution in [3.8, 4) is 11.5 Å². The van der Waals surface area contributed by atoms with Gasteiger partial charge in [-0.1, -0.05) is 78.1 Å². The highest BCUT2D eigenvalue weighted by molar-refractivity contribution is 5.95. The Morgan fingerprint density at radius 2 is 1.27 bits per heavy atom. The lowest BCUT2D eigenvalue weighted by molar-refractivity contribution is -0.232.